The summed E-state index contributed by atoms with van der Waals surface area (Å²) < 4.78 is 11.6. The molecule has 3 nitrogen and oxygen atoms in total. The first-order valence-electron chi connectivity index (χ1n) is 7.33. The molecule has 1 fully saturated rings. The van der Waals surface area contributed by atoms with Crippen molar-refractivity contribution in [1.82, 2.24) is 0 Å². The lowest BCUT2D eigenvalue weighted by Crippen LogP contribution is -2.36. The second-order valence-electron chi connectivity index (χ2n) is 5.41. The van der Waals surface area contributed by atoms with Gasteiger partial charge < -0.3 is 14.8 Å². The maximum absolute atomic E-state index is 5.79. The van der Waals surface area contributed by atoms with Crippen LogP contribution in [-0.2, 0) is 4.74 Å². The van der Waals surface area contributed by atoms with Crippen molar-refractivity contribution in [3.63, 3.8) is 0 Å². The van der Waals surface area contributed by atoms with E-state index in [0.29, 0.717) is 18.2 Å². The average Bonchev–Trinajstić information content (AvgIpc) is 2.36. The fourth-order valence-electron chi connectivity index (χ4n) is 2.67. The highest BCUT2D eigenvalue weighted by molar-refractivity contribution is 5.56. The van der Waals surface area contributed by atoms with Crippen LogP contribution < -0.4 is 10.1 Å². The Kier molecular flexibility index (Phi) is 5.08. The van der Waals surface area contributed by atoms with Gasteiger partial charge in [0.05, 0.1) is 24.5 Å². The van der Waals surface area contributed by atoms with Gasteiger partial charge >= 0.3 is 0 Å². The molecule has 0 radical (unpaired) electrons. The molecule has 1 aromatic rings. The molecule has 1 aromatic carbocycles. The van der Waals surface area contributed by atoms with Gasteiger partial charge in [-0.15, -0.1) is 0 Å². The van der Waals surface area contributed by atoms with Gasteiger partial charge in [0.2, 0.25) is 0 Å². The fraction of sp³-hybridized carbons (Fsp3) is 0.625. The number of ether oxygens (including phenoxy) is 2. The summed E-state index contributed by atoms with van der Waals surface area (Å²) in [6.07, 6.45) is 3.77. The number of para-hydroxylation sites is 2. The summed E-state index contributed by atoms with van der Waals surface area (Å²) in [6.45, 7) is 7.17. The quantitative estimate of drug-likeness (QED) is 0.875. The van der Waals surface area contributed by atoms with Crippen molar-refractivity contribution in [1.29, 1.82) is 0 Å². The van der Waals surface area contributed by atoms with E-state index in [2.05, 4.69) is 32.2 Å². The second-order valence-corrected chi connectivity index (χ2v) is 5.41. The number of anilines is 1. The van der Waals surface area contributed by atoms with E-state index in [1.165, 1.54) is 0 Å². The normalized spacial score (nSPS) is 27.0. The molecule has 0 spiro atoms. The van der Waals surface area contributed by atoms with Crippen molar-refractivity contribution < 1.29 is 9.47 Å². The summed E-state index contributed by atoms with van der Waals surface area (Å²) in [6, 6.07) is 8.66. The molecule has 1 aliphatic rings. The van der Waals surface area contributed by atoms with Crippen LogP contribution >= 0.6 is 0 Å². The smallest absolute Gasteiger partial charge is 0.142 e. The van der Waals surface area contributed by atoms with Crippen molar-refractivity contribution >= 4 is 5.69 Å². The van der Waals surface area contributed by atoms with Crippen molar-refractivity contribution in [2.75, 3.05) is 11.9 Å². The topological polar surface area (TPSA) is 30.5 Å². The molecular formula is C16H25NO2. The maximum Gasteiger partial charge on any atom is 0.142 e. The van der Waals surface area contributed by atoms with E-state index in [0.717, 1.165) is 37.3 Å². The summed E-state index contributed by atoms with van der Waals surface area (Å²) >= 11 is 0. The molecule has 1 N–H and O–H groups in total. The number of hydrogen-bond acceptors (Lipinski definition) is 3. The van der Waals surface area contributed by atoms with Crippen LogP contribution in [0.2, 0.25) is 0 Å². The molecule has 3 heteroatoms. The zero-order valence-electron chi connectivity index (χ0n) is 12.2. The van der Waals surface area contributed by atoms with E-state index in [1.54, 1.807) is 0 Å². The van der Waals surface area contributed by atoms with Crippen molar-refractivity contribution in [3.05, 3.63) is 24.3 Å². The van der Waals surface area contributed by atoms with Crippen LogP contribution in [0.4, 0.5) is 5.69 Å². The lowest BCUT2D eigenvalue weighted by molar-refractivity contribution is -0.0338. The van der Waals surface area contributed by atoms with Crippen LogP contribution in [0.25, 0.3) is 0 Å². The van der Waals surface area contributed by atoms with E-state index in [4.69, 9.17) is 9.47 Å². The van der Waals surface area contributed by atoms with E-state index < -0.39 is 0 Å². The summed E-state index contributed by atoms with van der Waals surface area (Å²) in [7, 11) is 0. The molecule has 0 aliphatic carbocycles. The van der Waals surface area contributed by atoms with Gasteiger partial charge in [-0.3, -0.25) is 0 Å². The Morgan fingerprint density at radius 3 is 2.58 bits per heavy atom. The van der Waals surface area contributed by atoms with Gasteiger partial charge in [-0.2, -0.15) is 0 Å². The van der Waals surface area contributed by atoms with Crippen molar-refractivity contribution in [2.45, 2.75) is 58.3 Å². The predicted octanol–water partition coefficient (Wildman–Crippen LogP) is 3.84. The van der Waals surface area contributed by atoms with Crippen molar-refractivity contribution in [3.8, 4) is 5.75 Å². The molecule has 2 unspecified atom stereocenters. The van der Waals surface area contributed by atoms with Crippen LogP contribution in [0.1, 0.15) is 40.0 Å². The van der Waals surface area contributed by atoms with Crippen LogP contribution in [0.3, 0.4) is 0 Å². The minimum absolute atomic E-state index is 0.324. The molecule has 0 bridgehead atoms. The van der Waals surface area contributed by atoms with Crippen LogP contribution in [0, 0.1) is 0 Å². The summed E-state index contributed by atoms with van der Waals surface area (Å²) in [5, 5.41) is 3.61. The van der Waals surface area contributed by atoms with Crippen LogP contribution in [0.5, 0.6) is 5.75 Å². The third-order valence-electron chi connectivity index (χ3n) is 3.41. The third kappa shape index (κ3) is 4.13. The highest BCUT2D eigenvalue weighted by Crippen LogP contribution is 2.28. The maximum atomic E-state index is 5.79. The Bertz CT molecular complexity index is 384. The molecule has 0 aromatic heterocycles. The predicted molar refractivity (Wildman–Crippen MR) is 78.9 cm³/mol. The standard InChI is InChI=1S/C16H25NO2/c1-4-9-18-16-8-6-5-7-15(16)17-14-10-12(2)19-13(3)11-14/h5-8,12-14,17H,4,9-11H2,1-3H3. The first-order chi connectivity index (χ1) is 9.19. The highest BCUT2D eigenvalue weighted by atomic mass is 16.5. The van der Waals surface area contributed by atoms with Gasteiger partial charge in [0.1, 0.15) is 5.75 Å². The fourth-order valence-corrected chi connectivity index (χ4v) is 2.67. The highest BCUT2D eigenvalue weighted by Gasteiger charge is 2.24. The molecule has 106 valence electrons. The van der Waals surface area contributed by atoms with Gasteiger partial charge in [0.25, 0.3) is 0 Å². The monoisotopic (exact) mass is 263 g/mol. The average molecular weight is 263 g/mol. The molecule has 2 rings (SSSR count). The third-order valence-corrected chi connectivity index (χ3v) is 3.41. The molecule has 2 atom stereocenters. The van der Waals surface area contributed by atoms with Crippen LogP contribution in [0.15, 0.2) is 24.3 Å². The molecule has 1 heterocycles. The second kappa shape index (κ2) is 6.80. The molecule has 0 saturated carbocycles. The Labute approximate surface area is 116 Å². The summed E-state index contributed by atoms with van der Waals surface area (Å²) in [5.41, 5.74) is 1.10. The number of nitrogens with one attached hydrogen (secondary N) is 1. The Balaban J connectivity index is 2.01. The van der Waals surface area contributed by atoms with E-state index in [9.17, 15) is 0 Å². The lowest BCUT2D eigenvalue weighted by Gasteiger charge is -2.33. The Morgan fingerprint density at radius 1 is 1.21 bits per heavy atom. The molecule has 0 amide bonds. The molecule has 19 heavy (non-hydrogen) atoms. The number of benzene rings is 1. The van der Waals surface area contributed by atoms with Gasteiger partial charge in [0.15, 0.2) is 0 Å². The zero-order valence-corrected chi connectivity index (χ0v) is 12.2. The largest absolute Gasteiger partial charge is 0.491 e. The first-order valence-corrected chi connectivity index (χ1v) is 7.33. The van der Waals surface area contributed by atoms with E-state index in [-0.39, 0.29) is 0 Å². The SMILES string of the molecule is CCCOc1ccccc1NC1CC(C)OC(C)C1. The summed E-state index contributed by atoms with van der Waals surface area (Å²) in [4.78, 5) is 0. The van der Waals surface area contributed by atoms with Gasteiger partial charge in [-0.1, -0.05) is 19.1 Å². The van der Waals surface area contributed by atoms with Crippen molar-refractivity contribution in [2.24, 2.45) is 0 Å². The van der Waals surface area contributed by atoms with Crippen LogP contribution in [-0.4, -0.2) is 24.9 Å². The van der Waals surface area contributed by atoms with Gasteiger partial charge in [0, 0.05) is 6.04 Å². The minimum atomic E-state index is 0.324. The Morgan fingerprint density at radius 2 is 1.89 bits per heavy atom. The van der Waals surface area contributed by atoms with Gasteiger partial charge in [-0.05, 0) is 45.2 Å². The molecule has 1 saturated heterocycles. The van der Waals surface area contributed by atoms with Gasteiger partial charge in [-0.25, -0.2) is 0 Å². The van der Waals surface area contributed by atoms with E-state index >= 15 is 0 Å². The number of rotatable bonds is 5. The Hall–Kier alpha value is -1.22. The van der Waals surface area contributed by atoms with E-state index in [1.807, 2.05) is 18.2 Å². The summed E-state index contributed by atoms with van der Waals surface area (Å²) in [5.74, 6) is 0.955. The lowest BCUT2D eigenvalue weighted by atomic mass is 9.99. The molecule has 1 aliphatic heterocycles. The first kappa shape index (κ1) is 14.2. The minimum Gasteiger partial charge on any atom is -0.491 e. The number of hydrogen-bond donors (Lipinski definition) is 1. The molecular weight excluding hydrogens is 238 g/mol. The zero-order chi connectivity index (χ0) is 13.7.